The molecule has 0 aliphatic carbocycles. The molecule has 7 nitrogen and oxygen atoms in total. The maximum absolute atomic E-state index is 9.32. The van der Waals surface area contributed by atoms with Crippen LogP contribution in [0.5, 0.6) is 5.75 Å². The van der Waals surface area contributed by atoms with Gasteiger partial charge in [-0.2, -0.15) is 4.68 Å². The lowest BCUT2D eigenvalue weighted by atomic mass is 10.3. The lowest BCUT2D eigenvalue weighted by Gasteiger charge is -2.05. The Labute approximate surface area is 124 Å². The number of hydrogen-bond acceptors (Lipinski definition) is 7. The van der Waals surface area contributed by atoms with E-state index in [0.29, 0.717) is 16.7 Å². The smallest absolute Gasteiger partial charge is 0.214 e. The van der Waals surface area contributed by atoms with E-state index in [9.17, 15) is 5.11 Å². The van der Waals surface area contributed by atoms with Crippen LogP contribution in [0.25, 0.3) is 5.69 Å². The first kappa shape index (κ1) is 13.4. The molecule has 0 aliphatic heterocycles. The quantitative estimate of drug-likeness (QED) is 0.706. The van der Waals surface area contributed by atoms with Crippen LogP contribution < -0.4 is 5.73 Å². The van der Waals surface area contributed by atoms with Crippen molar-refractivity contribution < 1.29 is 5.11 Å². The van der Waals surface area contributed by atoms with Crippen molar-refractivity contribution >= 4 is 17.6 Å². The topological polar surface area (TPSA) is 103 Å². The van der Waals surface area contributed by atoms with E-state index in [-0.39, 0.29) is 5.75 Å². The first-order valence-electron chi connectivity index (χ1n) is 6.14. The fourth-order valence-electron chi connectivity index (χ4n) is 1.74. The molecule has 0 atom stereocenters. The van der Waals surface area contributed by atoms with Gasteiger partial charge in [-0.05, 0) is 40.8 Å². The molecule has 0 fully saturated rings. The average molecular weight is 300 g/mol. The van der Waals surface area contributed by atoms with Crippen molar-refractivity contribution in [2.75, 3.05) is 5.73 Å². The minimum absolute atomic E-state index is 0.198. The van der Waals surface area contributed by atoms with Crippen LogP contribution in [0, 0.1) is 0 Å². The highest BCUT2D eigenvalue weighted by molar-refractivity contribution is 7.98. The van der Waals surface area contributed by atoms with Crippen LogP contribution in [0.1, 0.15) is 5.56 Å². The number of pyridine rings is 1. The fraction of sp³-hybridized carbons (Fsp3) is 0.0769. The van der Waals surface area contributed by atoms with E-state index < -0.39 is 0 Å². The summed E-state index contributed by atoms with van der Waals surface area (Å²) in [5, 5.41) is 21.6. The zero-order chi connectivity index (χ0) is 14.7. The normalized spacial score (nSPS) is 10.7. The van der Waals surface area contributed by atoms with E-state index in [1.54, 1.807) is 35.1 Å². The first-order valence-corrected chi connectivity index (χ1v) is 7.12. The Morgan fingerprint density at radius 1 is 1.19 bits per heavy atom. The number of benzene rings is 1. The second-order valence-corrected chi connectivity index (χ2v) is 5.17. The predicted molar refractivity (Wildman–Crippen MR) is 79.0 cm³/mol. The fourth-order valence-corrected chi connectivity index (χ4v) is 2.63. The van der Waals surface area contributed by atoms with E-state index >= 15 is 0 Å². The number of nitrogens with two attached hydrogens (primary N) is 1. The van der Waals surface area contributed by atoms with Crippen LogP contribution in [-0.4, -0.2) is 30.3 Å². The number of nitrogens with zero attached hydrogens (tertiary/aromatic N) is 5. The number of nitrogen functional groups attached to an aromatic ring is 1. The molecule has 0 amide bonds. The summed E-state index contributed by atoms with van der Waals surface area (Å²) in [7, 11) is 0. The van der Waals surface area contributed by atoms with Gasteiger partial charge in [0, 0.05) is 17.5 Å². The number of hydrogen-bond donors (Lipinski definition) is 2. The lowest BCUT2D eigenvalue weighted by molar-refractivity contribution is 0.475. The van der Waals surface area contributed by atoms with Gasteiger partial charge in [0.05, 0.1) is 5.69 Å². The summed E-state index contributed by atoms with van der Waals surface area (Å²) in [6, 6.07) is 10.4. The van der Waals surface area contributed by atoms with Gasteiger partial charge in [0.1, 0.15) is 11.6 Å². The predicted octanol–water partition coefficient (Wildman–Crippen LogP) is 1.64. The van der Waals surface area contributed by atoms with Crippen molar-refractivity contribution in [2.45, 2.75) is 10.9 Å². The van der Waals surface area contributed by atoms with Crippen molar-refractivity contribution in [1.82, 2.24) is 25.2 Å². The maximum atomic E-state index is 9.32. The molecule has 0 saturated heterocycles. The highest BCUT2D eigenvalue weighted by atomic mass is 32.2. The minimum Gasteiger partial charge on any atom is -0.508 e. The third-order valence-corrected chi connectivity index (χ3v) is 3.79. The molecule has 106 valence electrons. The summed E-state index contributed by atoms with van der Waals surface area (Å²) in [4.78, 5) is 4.05. The van der Waals surface area contributed by atoms with Gasteiger partial charge in [0.15, 0.2) is 0 Å². The second-order valence-electron chi connectivity index (χ2n) is 4.23. The molecule has 21 heavy (non-hydrogen) atoms. The van der Waals surface area contributed by atoms with Gasteiger partial charge in [0.25, 0.3) is 0 Å². The Kier molecular flexibility index (Phi) is 3.69. The molecule has 0 aliphatic rings. The minimum atomic E-state index is 0.198. The van der Waals surface area contributed by atoms with Crippen LogP contribution >= 0.6 is 11.8 Å². The number of tetrazole rings is 1. The Morgan fingerprint density at radius 3 is 2.76 bits per heavy atom. The zero-order valence-corrected chi connectivity index (χ0v) is 11.7. The van der Waals surface area contributed by atoms with Crippen LogP contribution in [0.15, 0.2) is 47.8 Å². The van der Waals surface area contributed by atoms with Crippen molar-refractivity contribution in [3.63, 3.8) is 0 Å². The van der Waals surface area contributed by atoms with Crippen molar-refractivity contribution in [3.05, 3.63) is 48.2 Å². The highest BCUT2D eigenvalue weighted by Gasteiger charge is 2.10. The molecule has 1 aromatic carbocycles. The average Bonchev–Trinajstić information content (AvgIpc) is 2.96. The van der Waals surface area contributed by atoms with Crippen LogP contribution in [0.4, 0.5) is 5.82 Å². The molecule has 0 saturated carbocycles. The standard InChI is InChI=1S/C13H12N6OS/c14-12-9(2-1-7-15-12)8-21-13-16-17-18-19(13)10-3-5-11(20)6-4-10/h1-7,20H,8H2,(H2,14,15). The Hall–Kier alpha value is -2.61. The summed E-state index contributed by atoms with van der Waals surface area (Å²) in [5.41, 5.74) is 7.53. The van der Waals surface area contributed by atoms with Gasteiger partial charge < -0.3 is 10.8 Å². The number of phenolic OH excluding ortho intramolecular Hbond substituents is 1. The van der Waals surface area contributed by atoms with Gasteiger partial charge in [-0.3, -0.25) is 0 Å². The maximum Gasteiger partial charge on any atom is 0.214 e. The van der Waals surface area contributed by atoms with Crippen molar-refractivity contribution in [3.8, 4) is 11.4 Å². The number of thioether (sulfide) groups is 1. The summed E-state index contributed by atoms with van der Waals surface area (Å²) in [5.74, 6) is 1.33. The third kappa shape index (κ3) is 2.95. The van der Waals surface area contributed by atoms with Crippen molar-refractivity contribution in [2.24, 2.45) is 0 Å². The molecule has 0 bridgehead atoms. The van der Waals surface area contributed by atoms with Gasteiger partial charge in [-0.15, -0.1) is 5.10 Å². The molecule has 3 rings (SSSR count). The van der Waals surface area contributed by atoms with Gasteiger partial charge >= 0.3 is 0 Å². The number of aromatic nitrogens is 5. The molecule has 8 heteroatoms. The summed E-state index contributed by atoms with van der Waals surface area (Å²) >= 11 is 1.46. The number of anilines is 1. The number of phenols is 1. The van der Waals surface area contributed by atoms with E-state index in [4.69, 9.17) is 5.73 Å². The van der Waals surface area contributed by atoms with Gasteiger partial charge in [-0.25, -0.2) is 4.98 Å². The summed E-state index contributed by atoms with van der Waals surface area (Å²) in [6.45, 7) is 0. The third-order valence-electron chi connectivity index (χ3n) is 2.82. The molecule has 0 spiro atoms. The zero-order valence-electron chi connectivity index (χ0n) is 10.9. The molecule has 2 aromatic heterocycles. The number of aromatic hydroxyl groups is 1. The molecular formula is C13H12N6OS. The van der Waals surface area contributed by atoms with Gasteiger partial charge in [0.2, 0.25) is 5.16 Å². The van der Waals surface area contributed by atoms with Crippen LogP contribution in [0.3, 0.4) is 0 Å². The monoisotopic (exact) mass is 300 g/mol. The highest BCUT2D eigenvalue weighted by Crippen LogP contribution is 2.24. The summed E-state index contributed by atoms with van der Waals surface area (Å²) < 4.78 is 1.61. The summed E-state index contributed by atoms with van der Waals surface area (Å²) in [6.07, 6.45) is 1.66. The molecule has 3 N–H and O–H groups in total. The Balaban J connectivity index is 1.80. The molecule has 0 radical (unpaired) electrons. The van der Waals surface area contributed by atoms with Crippen LogP contribution in [-0.2, 0) is 5.75 Å². The van der Waals surface area contributed by atoms with E-state index in [0.717, 1.165) is 11.3 Å². The number of rotatable bonds is 4. The molecule has 3 aromatic rings. The Bertz CT molecular complexity index is 742. The SMILES string of the molecule is Nc1ncccc1CSc1nnnn1-c1ccc(O)cc1. The first-order chi connectivity index (χ1) is 10.2. The van der Waals surface area contributed by atoms with E-state index in [1.165, 1.54) is 11.8 Å². The van der Waals surface area contributed by atoms with E-state index in [2.05, 4.69) is 20.5 Å². The van der Waals surface area contributed by atoms with Gasteiger partial charge in [-0.1, -0.05) is 17.8 Å². The largest absolute Gasteiger partial charge is 0.508 e. The molecule has 0 unspecified atom stereocenters. The van der Waals surface area contributed by atoms with Crippen molar-refractivity contribution in [1.29, 1.82) is 0 Å². The second kappa shape index (κ2) is 5.80. The lowest BCUT2D eigenvalue weighted by Crippen LogP contribution is -2.00. The van der Waals surface area contributed by atoms with Crippen LogP contribution in [0.2, 0.25) is 0 Å². The molecular weight excluding hydrogens is 288 g/mol. The Morgan fingerprint density at radius 2 is 2.00 bits per heavy atom. The molecule has 2 heterocycles. The van der Waals surface area contributed by atoms with E-state index in [1.807, 2.05) is 12.1 Å².